The number of ether oxygens (including phenoxy) is 2. The van der Waals surface area contributed by atoms with E-state index in [4.69, 9.17) is 24.8 Å². The van der Waals surface area contributed by atoms with Crippen molar-refractivity contribution in [2.75, 3.05) is 19.8 Å². The van der Waals surface area contributed by atoms with Crippen molar-refractivity contribution in [1.82, 2.24) is 0 Å². The first kappa shape index (κ1) is 55.7. The van der Waals surface area contributed by atoms with Gasteiger partial charge in [-0.3, -0.25) is 23.4 Å². The van der Waals surface area contributed by atoms with Crippen LogP contribution in [0.2, 0.25) is 0 Å². The van der Waals surface area contributed by atoms with Crippen LogP contribution in [0.3, 0.4) is 0 Å². The van der Waals surface area contributed by atoms with Gasteiger partial charge in [0, 0.05) is 12.8 Å². The summed E-state index contributed by atoms with van der Waals surface area (Å²) >= 11 is 0. The summed E-state index contributed by atoms with van der Waals surface area (Å²) in [5.41, 5.74) is 5.34. The summed E-state index contributed by atoms with van der Waals surface area (Å²) in [5, 5.41) is 8.90. The highest BCUT2D eigenvalue weighted by molar-refractivity contribution is 7.47. The zero-order valence-electron chi connectivity index (χ0n) is 36.6. The number of carboxylic acids is 1. The second-order valence-corrected chi connectivity index (χ2v) is 17.0. The van der Waals surface area contributed by atoms with Crippen LogP contribution in [0.15, 0.2) is 36.5 Å². The highest BCUT2D eigenvalue weighted by atomic mass is 31.2. The molecule has 0 spiro atoms. The Kier molecular flexibility index (Phi) is 39.8. The maximum atomic E-state index is 12.7. The van der Waals surface area contributed by atoms with Gasteiger partial charge in [0.1, 0.15) is 12.6 Å². The van der Waals surface area contributed by atoms with E-state index in [0.717, 1.165) is 70.6 Å². The molecule has 1 unspecified atom stereocenters. The molecule has 0 aromatic rings. The van der Waals surface area contributed by atoms with Crippen LogP contribution in [0, 0.1) is 0 Å². The molecule has 338 valence electrons. The molecule has 4 N–H and O–H groups in total. The van der Waals surface area contributed by atoms with Crippen molar-refractivity contribution >= 4 is 25.7 Å². The number of unbranched alkanes of at least 4 members (excludes halogenated alkanes) is 23. The molecular weight excluding hydrogens is 757 g/mol. The molecule has 0 saturated heterocycles. The Hall–Kier alpha value is -2.30. The first-order valence-corrected chi connectivity index (χ1v) is 24.5. The smallest absolute Gasteiger partial charge is 0.472 e. The standard InChI is InChI=1S/C46H84NO10P/c1-3-5-7-9-11-13-15-17-19-20-21-22-24-26-28-30-32-34-36-38-45(49)57-42(40-55-58(52,53)56-41-43(47)46(50)51)39-54-44(48)37-35-33-31-29-27-25-23-18-16-14-12-10-8-6-4-2/h6,8,12,14,18,23,42-43H,3-5,7,9-11,13,15-17,19-22,24-41,47H2,1-2H3,(H,50,51)(H,52,53)/b8-6-,14-12-,23-18-/t42-,43+/m1/s1. The first-order valence-electron chi connectivity index (χ1n) is 23.0. The average Bonchev–Trinajstić information content (AvgIpc) is 3.20. The molecule has 3 atom stereocenters. The number of esters is 2. The number of carboxylic acid groups (broad SMARTS) is 1. The highest BCUT2D eigenvalue weighted by Gasteiger charge is 2.28. The summed E-state index contributed by atoms with van der Waals surface area (Å²) in [5.74, 6) is -2.39. The number of carbonyl (C=O) groups excluding carboxylic acids is 2. The van der Waals surface area contributed by atoms with Gasteiger partial charge in [0.25, 0.3) is 0 Å². The van der Waals surface area contributed by atoms with Gasteiger partial charge in [0.05, 0.1) is 13.2 Å². The van der Waals surface area contributed by atoms with Crippen LogP contribution in [0.5, 0.6) is 0 Å². The lowest BCUT2D eigenvalue weighted by Gasteiger charge is -2.20. The average molecular weight is 842 g/mol. The van der Waals surface area contributed by atoms with Crippen LogP contribution in [-0.4, -0.2) is 59.9 Å². The number of phosphoric acid groups is 1. The topological polar surface area (TPSA) is 172 Å². The summed E-state index contributed by atoms with van der Waals surface area (Å²) in [4.78, 5) is 46.0. The van der Waals surface area contributed by atoms with Crippen LogP contribution in [0.4, 0.5) is 0 Å². The molecule has 0 amide bonds. The van der Waals surface area contributed by atoms with E-state index in [1.54, 1.807) is 0 Å². The van der Waals surface area contributed by atoms with Crippen molar-refractivity contribution in [3.63, 3.8) is 0 Å². The Balaban J connectivity index is 4.31. The van der Waals surface area contributed by atoms with Crippen molar-refractivity contribution < 1.29 is 47.5 Å². The van der Waals surface area contributed by atoms with Crippen molar-refractivity contribution in [3.8, 4) is 0 Å². The summed E-state index contributed by atoms with van der Waals surface area (Å²) in [6.07, 6.45) is 44.9. The van der Waals surface area contributed by atoms with E-state index in [2.05, 4.69) is 54.8 Å². The van der Waals surface area contributed by atoms with Gasteiger partial charge in [0.15, 0.2) is 6.10 Å². The molecule has 0 aromatic carbocycles. The van der Waals surface area contributed by atoms with Gasteiger partial charge < -0.3 is 25.2 Å². The molecule has 0 saturated carbocycles. The van der Waals surface area contributed by atoms with E-state index < -0.39 is 51.1 Å². The fourth-order valence-corrected chi connectivity index (χ4v) is 7.09. The molecular formula is C46H84NO10P. The van der Waals surface area contributed by atoms with Gasteiger partial charge >= 0.3 is 25.7 Å². The van der Waals surface area contributed by atoms with Crippen molar-refractivity contribution in [2.45, 2.75) is 219 Å². The van der Waals surface area contributed by atoms with Crippen LogP contribution in [-0.2, 0) is 37.5 Å². The third-order valence-electron chi connectivity index (χ3n) is 9.90. The molecule has 0 aromatic heterocycles. The number of hydrogen-bond donors (Lipinski definition) is 3. The molecule has 0 rings (SSSR count). The molecule has 0 radical (unpaired) electrons. The minimum atomic E-state index is -4.72. The maximum Gasteiger partial charge on any atom is 0.472 e. The number of nitrogens with two attached hydrogens (primary N) is 1. The predicted octanol–water partition coefficient (Wildman–Crippen LogP) is 12.4. The molecule has 0 aliphatic rings. The van der Waals surface area contributed by atoms with Crippen LogP contribution >= 0.6 is 7.82 Å². The van der Waals surface area contributed by atoms with Crippen LogP contribution in [0.1, 0.15) is 206 Å². The molecule has 12 heteroatoms. The van der Waals surface area contributed by atoms with E-state index in [1.807, 2.05) is 0 Å². The van der Waals surface area contributed by atoms with Gasteiger partial charge in [-0.05, 0) is 44.9 Å². The lowest BCUT2D eigenvalue weighted by atomic mass is 10.0. The largest absolute Gasteiger partial charge is 0.480 e. The van der Waals surface area contributed by atoms with Gasteiger partial charge in [-0.1, -0.05) is 185 Å². The third kappa shape index (κ3) is 40.5. The molecule has 0 heterocycles. The van der Waals surface area contributed by atoms with Crippen molar-refractivity contribution in [2.24, 2.45) is 5.73 Å². The normalized spacial score (nSPS) is 14.0. The number of aliphatic carboxylic acids is 1. The summed E-state index contributed by atoms with van der Waals surface area (Å²) in [6.45, 7) is 2.70. The first-order chi connectivity index (χ1) is 28.1. The summed E-state index contributed by atoms with van der Waals surface area (Å²) in [7, 11) is -4.72. The Morgan fingerprint density at radius 2 is 0.966 bits per heavy atom. The fraction of sp³-hybridized carbons (Fsp3) is 0.804. The Morgan fingerprint density at radius 3 is 1.45 bits per heavy atom. The van der Waals surface area contributed by atoms with Gasteiger partial charge in [-0.25, -0.2) is 4.57 Å². The zero-order chi connectivity index (χ0) is 42.8. The number of carbonyl (C=O) groups is 3. The van der Waals surface area contributed by atoms with E-state index >= 15 is 0 Å². The minimum Gasteiger partial charge on any atom is -0.480 e. The van der Waals surface area contributed by atoms with E-state index in [-0.39, 0.29) is 19.4 Å². The Labute approximate surface area is 353 Å². The quantitative estimate of drug-likeness (QED) is 0.0231. The van der Waals surface area contributed by atoms with E-state index in [0.29, 0.717) is 12.8 Å². The minimum absolute atomic E-state index is 0.161. The Bertz CT molecular complexity index is 1130. The molecule has 0 fully saturated rings. The lowest BCUT2D eigenvalue weighted by molar-refractivity contribution is -0.161. The van der Waals surface area contributed by atoms with Gasteiger partial charge in [0.2, 0.25) is 0 Å². The van der Waals surface area contributed by atoms with E-state index in [9.17, 15) is 23.8 Å². The number of hydrogen-bond acceptors (Lipinski definition) is 9. The Morgan fingerprint density at radius 1 is 0.552 bits per heavy atom. The van der Waals surface area contributed by atoms with Crippen molar-refractivity contribution in [3.05, 3.63) is 36.5 Å². The number of allylic oxidation sites excluding steroid dienone is 6. The predicted molar refractivity (Wildman–Crippen MR) is 235 cm³/mol. The number of rotatable bonds is 43. The fourth-order valence-electron chi connectivity index (χ4n) is 6.32. The lowest BCUT2D eigenvalue weighted by Crippen LogP contribution is -2.34. The highest BCUT2D eigenvalue weighted by Crippen LogP contribution is 2.43. The maximum absolute atomic E-state index is 12.7. The number of phosphoric ester groups is 1. The molecule has 11 nitrogen and oxygen atoms in total. The van der Waals surface area contributed by atoms with Crippen molar-refractivity contribution in [1.29, 1.82) is 0 Å². The van der Waals surface area contributed by atoms with Gasteiger partial charge in [-0.15, -0.1) is 0 Å². The molecule has 0 aliphatic carbocycles. The summed E-state index contributed by atoms with van der Waals surface area (Å²) < 4.78 is 32.7. The third-order valence-corrected chi connectivity index (χ3v) is 10.9. The second-order valence-electron chi connectivity index (χ2n) is 15.5. The second kappa shape index (κ2) is 41.4. The van der Waals surface area contributed by atoms with Gasteiger partial charge in [-0.2, -0.15) is 0 Å². The van der Waals surface area contributed by atoms with E-state index in [1.165, 1.54) is 96.3 Å². The monoisotopic (exact) mass is 842 g/mol. The molecule has 0 aliphatic heterocycles. The SMILES string of the molecule is CC/C=C\C/C=C\C/C=C\CCCCCCCC(=O)OC[C@H](COP(=O)(O)OC[C@H](N)C(=O)O)OC(=O)CCCCCCCCCCCCCCCCCCCCC. The van der Waals surface area contributed by atoms with Crippen LogP contribution < -0.4 is 5.73 Å². The zero-order valence-corrected chi connectivity index (χ0v) is 37.5. The molecule has 58 heavy (non-hydrogen) atoms. The summed E-state index contributed by atoms with van der Waals surface area (Å²) in [6, 6.07) is -1.52. The molecule has 0 bridgehead atoms. The van der Waals surface area contributed by atoms with Crippen LogP contribution in [0.25, 0.3) is 0 Å².